The number of rotatable bonds is 14. The molecular formula is C47H47N5O8. The summed E-state index contributed by atoms with van der Waals surface area (Å²) in [5, 5.41) is 3.49. The van der Waals surface area contributed by atoms with Gasteiger partial charge in [-0.1, -0.05) is 24.3 Å². The molecule has 13 heteroatoms. The number of nitrogens with zero attached hydrogens (tertiary/aromatic N) is 3. The molecule has 5 aliphatic rings. The smallest absolute Gasteiger partial charge is 0.261 e. The zero-order valence-electron chi connectivity index (χ0n) is 33.7. The first-order valence-electron chi connectivity index (χ1n) is 20.4. The molecule has 0 saturated carbocycles. The van der Waals surface area contributed by atoms with Crippen molar-refractivity contribution in [3.05, 3.63) is 118 Å². The molecule has 4 heterocycles. The summed E-state index contributed by atoms with van der Waals surface area (Å²) in [5.41, 5.74) is 13.5. The zero-order valence-corrected chi connectivity index (χ0v) is 33.7. The third kappa shape index (κ3) is 7.51. The largest absolute Gasteiger partial charge is 0.494 e. The second-order valence-electron chi connectivity index (χ2n) is 15.6. The Morgan fingerprint density at radius 2 is 1.57 bits per heavy atom. The van der Waals surface area contributed by atoms with Crippen LogP contribution in [-0.4, -0.2) is 68.3 Å². The summed E-state index contributed by atoms with van der Waals surface area (Å²) in [7, 11) is 3.11. The van der Waals surface area contributed by atoms with Crippen LogP contribution in [0.1, 0.15) is 75.9 Å². The Balaban J connectivity index is 0.948. The van der Waals surface area contributed by atoms with Gasteiger partial charge in [0.1, 0.15) is 19.0 Å². The fourth-order valence-electron chi connectivity index (χ4n) is 8.76. The van der Waals surface area contributed by atoms with Gasteiger partial charge in [-0.05, 0) is 103 Å². The standard InChI is InChI=1S/C47H47N5O8/c1-56-41-20-35-37(49-24-32-18-30-9-3-5-11-39(30)51(32)46(35)54)22-43(41)59-26-28-15-29(17-34(16-28)58-14-8-7-13-45(48)53)27-60-44-23-38-36(21-42(44)57-2)47(55)52-33(25-50-38)19-31-10-4-6-12-40(31)52/h3,5-6,9,11-12,15-17,20-23,25,32-33,49H,4,7-8,10,13-14,18-19,24,26-27H2,1-2H3,(H2,48,53)/t32-,33-/m0/s1. The highest BCUT2D eigenvalue weighted by atomic mass is 16.5. The van der Waals surface area contributed by atoms with E-state index in [2.05, 4.69) is 17.5 Å². The predicted molar refractivity (Wildman–Crippen MR) is 227 cm³/mol. The van der Waals surface area contributed by atoms with Gasteiger partial charge >= 0.3 is 0 Å². The molecule has 1 aliphatic carbocycles. The third-order valence-corrected chi connectivity index (χ3v) is 11.7. The molecule has 308 valence electrons. The maximum Gasteiger partial charge on any atom is 0.261 e. The molecule has 60 heavy (non-hydrogen) atoms. The third-order valence-electron chi connectivity index (χ3n) is 11.7. The van der Waals surface area contributed by atoms with E-state index in [-0.39, 0.29) is 49.4 Å². The molecule has 9 rings (SSSR count). The first kappa shape index (κ1) is 38.7. The molecule has 4 aromatic rings. The summed E-state index contributed by atoms with van der Waals surface area (Å²) < 4.78 is 30.5. The number of ether oxygens (including phenoxy) is 5. The van der Waals surface area contributed by atoms with Crippen molar-refractivity contribution < 1.29 is 38.1 Å². The van der Waals surface area contributed by atoms with E-state index >= 15 is 0 Å². The SMILES string of the molecule is COc1cc2c(cc1OCc1cc(COc3cc4c(cc3OC)C(=O)N3c5ccccc5C[C@H]3CN4)cc(OCCCCC(N)=O)c1)N=C[C@@H]1CC3=C(C=CCC3)N1C2=O. The Labute approximate surface area is 348 Å². The fourth-order valence-corrected chi connectivity index (χ4v) is 8.76. The molecule has 13 nitrogen and oxygen atoms in total. The monoisotopic (exact) mass is 809 g/mol. The Bertz CT molecular complexity index is 2480. The molecule has 3 N–H and O–H groups in total. The van der Waals surface area contributed by atoms with E-state index in [4.69, 9.17) is 34.4 Å². The van der Waals surface area contributed by atoms with Gasteiger partial charge in [0.2, 0.25) is 5.91 Å². The second-order valence-corrected chi connectivity index (χ2v) is 15.6. The first-order valence-corrected chi connectivity index (χ1v) is 20.4. The van der Waals surface area contributed by atoms with E-state index in [0.717, 1.165) is 53.8 Å². The van der Waals surface area contributed by atoms with Gasteiger partial charge in [-0.3, -0.25) is 24.3 Å². The summed E-state index contributed by atoms with van der Waals surface area (Å²) in [6.45, 7) is 1.27. The number of allylic oxidation sites excluding steroid dienone is 2. The summed E-state index contributed by atoms with van der Waals surface area (Å²) in [4.78, 5) is 47.7. The molecule has 0 unspecified atom stereocenters. The number of hydrogen-bond acceptors (Lipinski definition) is 10. The number of para-hydroxylation sites is 1. The maximum absolute atomic E-state index is 14.0. The molecule has 0 fully saturated rings. The number of methoxy groups -OCH3 is 2. The molecule has 0 bridgehead atoms. The second kappa shape index (κ2) is 16.5. The molecule has 0 spiro atoms. The molecule has 0 saturated heterocycles. The molecular weight excluding hydrogens is 763 g/mol. The average Bonchev–Trinajstić information content (AvgIpc) is 3.75. The number of hydrogen-bond donors (Lipinski definition) is 2. The highest BCUT2D eigenvalue weighted by Gasteiger charge is 2.39. The number of nitrogens with two attached hydrogens (primary N) is 1. The summed E-state index contributed by atoms with van der Waals surface area (Å²) in [6, 6.07) is 20.7. The van der Waals surface area contributed by atoms with Crippen LogP contribution in [-0.2, 0) is 24.4 Å². The fraction of sp³-hybridized carbons (Fsp3) is 0.319. The van der Waals surface area contributed by atoms with Gasteiger partial charge in [0.25, 0.3) is 11.8 Å². The lowest BCUT2D eigenvalue weighted by Gasteiger charge is -2.24. The molecule has 4 aliphatic heterocycles. The van der Waals surface area contributed by atoms with Gasteiger partial charge in [-0.2, -0.15) is 0 Å². The molecule has 0 aromatic heterocycles. The van der Waals surface area contributed by atoms with Gasteiger partial charge in [-0.15, -0.1) is 0 Å². The minimum Gasteiger partial charge on any atom is -0.494 e. The van der Waals surface area contributed by atoms with Crippen LogP contribution in [0.2, 0.25) is 0 Å². The predicted octanol–water partition coefficient (Wildman–Crippen LogP) is 7.43. The van der Waals surface area contributed by atoms with Crippen molar-refractivity contribution >= 4 is 41.0 Å². The zero-order chi connectivity index (χ0) is 41.3. The molecule has 0 radical (unpaired) electrons. The van der Waals surface area contributed by atoms with Crippen LogP contribution >= 0.6 is 0 Å². The lowest BCUT2D eigenvalue weighted by atomic mass is 10.0. The number of nitrogens with one attached hydrogen (secondary N) is 1. The Hall–Kier alpha value is -6.76. The maximum atomic E-state index is 14.0. The van der Waals surface area contributed by atoms with E-state index in [1.807, 2.05) is 64.6 Å². The Kier molecular flexibility index (Phi) is 10.6. The summed E-state index contributed by atoms with van der Waals surface area (Å²) in [6.07, 6.45) is 11.1. The van der Waals surface area contributed by atoms with Crippen LogP contribution in [0.25, 0.3) is 0 Å². The van der Waals surface area contributed by atoms with E-state index in [9.17, 15) is 14.4 Å². The van der Waals surface area contributed by atoms with Gasteiger partial charge in [0.15, 0.2) is 23.0 Å². The van der Waals surface area contributed by atoms with E-state index in [1.54, 1.807) is 32.4 Å². The van der Waals surface area contributed by atoms with Crippen LogP contribution in [0.15, 0.2) is 95.1 Å². The number of primary amides is 1. The highest BCUT2D eigenvalue weighted by Crippen LogP contribution is 2.43. The summed E-state index contributed by atoms with van der Waals surface area (Å²) in [5.74, 6) is 1.83. The highest BCUT2D eigenvalue weighted by molar-refractivity contribution is 6.12. The summed E-state index contributed by atoms with van der Waals surface area (Å²) >= 11 is 0. The number of carbonyl (C=O) groups is 3. The average molecular weight is 810 g/mol. The van der Waals surface area contributed by atoms with E-state index < -0.39 is 0 Å². The lowest BCUT2D eigenvalue weighted by Crippen LogP contribution is -2.39. The number of aliphatic imine (C=N–C) groups is 1. The van der Waals surface area contributed by atoms with E-state index in [0.29, 0.717) is 77.2 Å². The van der Waals surface area contributed by atoms with Crippen molar-refractivity contribution in [2.75, 3.05) is 37.6 Å². The lowest BCUT2D eigenvalue weighted by molar-refractivity contribution is -0.118. The van der Waals surface area contributed by atoms with Crippen LogP contribution < -0.4 is 39.6 Å². The minimum atomic E-state index is -0.344. The number of benzene rings is 4. The molecule has 3 amide bonds. The van der Waals surface area contributed by atoms with Crippen molar-refractivity contribution in [3.63, 3.8) is 0 Å². The van der Waals surface area contributed by atoms with Crippen LogP contribution in [0, 0.1) is 0 Å². The van der Waals surface area contributed by atoms with Crippen molar-refractivity contribution in [2.45, 2.75) is 70.2 Å². The Morgan fingerprint density at radius 3 is 2.33 bits per heavy atom. The van der Waals surface area contributed by atoms with Crippen molar-refractivity contribution in [2.24, 2.45) is 10.7 Å². The van der Waals surface area contributed by atoms with Crippen molar-refractivity contribution in [1.82, 2.24) is 4.90 Å². The number of unbranched alkanes of at least 4 members (excludes halogenated alkanes) is 1. The first-order chi connectivity index (χ1) is 29.3. The van der Waals surface area contributed by atoms with Crippen molar-refractivity contribution in [3.8, 4) is 28.7 Å². The number of fused-ring (bicyclic) bond motifs is 7. The van der Waals surface area contributed by atoms with Crippen LogP contribution in [0.3, 0.4) is 0 Å². The van der Waals surface area contributed by atoms with E-state index in [1.165, 1.54) is 5.57 Å². The quantitative estimate of drug-likeness (QED) is 0.124. The number of amides is 3. The molecule has 2 atom stereocenters. The van der Waals surface area contributed by atoms with Crippen molar-refractivity contribution in [1.29, 1.82) is 0 Å². The van der Waals surface area contributed by atoms with Crippen LogP contribution in [0.4, 0.5) is 17.1 Å². The Morgan fingerprint density at radius 1 is 0.833 bits per heavy atom. The van der Waals surface area contributed by atoms with Gasteiger partial charge in [0.05, 0.1) is 55.4 Å². The minimum absolute atomic E-state index is 0.00386. The topological polar surface area (TPSA) is 154 Å². The van der Waals surface area contributed by atoms with Gasteiger partial charge in [-0.25, -0.2) is 0 Å². The normalized spacial score (nSPS) is 18.3. The van der Waals surface area contributed by atoms with Gasteiger partial charge in [0, 0.05) is 42.7 Å². The van der Waals surface area contributed by atoms with Gasteiger partial charge < -0.3 is 39.6 Å². The van der Waals surface area contributed by atoms with Crippen LogP contribution in [0.5, 0.6) is 28.7 Å². The number of anilines is 2. The number of carbonyl (C=O) groups excluding carboxylic acids is 3. The molecule has 4 aromatic carbocycles.